The van der Waals surface area contributed by atoms with Crippen molar-refractivity contribution in [3.63, 3.8) is 0 Å². The van der Waals surface area contributed by atoms with Gasteiger partial charge >= 0.3 is 0 Å². The van der Waals surface area contributed by atoms with Gasteiger partial charge in [0.15, 0.2) is 0 Å². The van der Waals surface area contributed by atoms with Gasteiger partial charge in [-0.3, -0.25) is 9.36 Å². The highest BCUT2D eigenvalue weighted by molar-refractivity contribution is 5.78. The van der Waals surface area contributed by atoms with Crippen molar-refractivity contribution in [3.8, 4) is 0 Å². The fourth-order valence-electron chi connectivity index (χ4n) is 3.10. The van der Waals surface area contributed by atoms with E-state index in [1.165, 1.54) is 83.5 Å². The van der Waals surface area contributed by atoms with Crippen LogP contribution in [0, 0.1) is 0 Å². The molecule has 0 N–H and O–H groups in total. The first-order valence-corrected chi connectivity index (χ1v) is 10.0. The minimum atomic E-state index is 0.230. The second-order valence-corrected chi connectivity index (χ2v) is 6.83. The van der Waals surface area contributed by atoms with Crippen LogP contribution in [0.15, 0.2) is 24.5 Å². The monoisotopic (exact) mass is 319 g/mol. The van der Waals surface area contributed by atoms with Crippen molar-refractivity contribution in [2.24, 2.45) is 0 Å². The average molecular weight is 320 g/mol. The summed E-state index contributed by atoms with van der Waals surface area (Å²) in [4.78, 5) is 11.8. The Morgan fingerprint density at radius 2 is 1.04 bits per heavy atom. The standard InChI is InChI=1S/C21H37NO/c1-2-3-4-5-6-7-8-9-10-11-12-13-14-15-18-21(23)22-19-16-17-20-22/h16-17,19-20H,2-15,18H2,1H3. The summed E-state index contributed by atoms with van der Waals surface area (Å²) in [6.07, 6.45) is 23.4. The largest absolute Gasteiger partial charge is 0.295 e. The van der Waals surface area contributed by atoms with Crippen LogP contribution in [0.5, 0.6) is 0 Å². The Kier molecular flexibility index (Phi) is 12.6. The van der Waals surface area contributed by atoms with Crippen molar-refractivity contribution < 1.29 is 4.79 Å². The number of carbonyl (C=O) groups excluding carboxylic acids is 1. The molecule has 0 aliphatic rings. The fraction of sp³-hybridized carbons (Fsp3) is 0.762. The molecule has 0 amide bonds. The number of carbonyl (C=O) groups is 1. The summed E-state index contributed by atoms with van der Waals surface area (Å²) in [5, 5.41) is 0. The van der Waals surface area contributed by atoms with E-state index in [1.807, 2.05) is 24.5 Å². The van der Waals surface area contributed by atoms with E-state index >= 15 is 0 Å². The number of hydrogen-bond donors (Lipinski definition) is 0. The van der Waals surface area contributed by atoms with Crippen LogP contribution in [0.25, 0.3) is 0 Å². The molecule has 0 bridgehead atoms. The second-order valence-electron chi connectivity index (χ2n) is 6.83. The zero-order valence-electron chi connectivity index (χ0n) is 15.3. The molecule has 0 aliphatic heterocycles. The van der Waals surface area contributed by atoms with Crippen molar-refractivity contribution in [2.45, 2.75) is 103 Å². The van der Waals surface area contributed by atoms with Gasteiger partial charge in [-0.1, -0.05) is 90.4 Å². The first kappa shape index (κ1) is 20.0. The van der Waals surface area contributed by atoms with E-state index in [2.05, 4.69) is 6.92 Å². The summed E-state index contributed by atoms with van der Waals surface area (Å²) in [6, 6.07) is 3.81. The lowest BCUT2D eigenvalue weighted by Gasteiger charge is -2.04. The molecule has 2 heteroatoms. The summed E-state index contributed by atoms with van der Waals surface area (Å²) in [7, 11) is 0. The van der Waals surface area contributed by atoms with Crippen molar-refractivity contribution in [1.29, 1.82) is 0 Å². The van der Waals surface area contributed by atoms with E-state index in [4.69, 9.17) is 0 Å². The fourth-order valence-corrected chi connectivity index (χ4v) is 3.10. The first-order valence-electron chi connectivity index (χ1n) is 10.0. The van der Waals surface area contributed by atoms with Crippen LogP contribution in [0.1, 0.15) is 108 Å². The number of aromatic nitrogens is 1. The van der Waals surface area contributed by atoms with Gasteiger partial charge in [-0.15, -0.1) is 0 Å². The minimum absolute atomic E-state index is 0.230. The van der Waals surface area contributed by atoms with Gasteiger partial charge in [0.1, 0.15) is 0 Å². The molecule has 0 aromatic carbocycles. The van der Waals surface area contributed by atoms with E-state index in [0.29, 0.717) is 6.42 Å². The summed E-state index contributed by atoms with van der Waals surface area (Å²) in [6.45, 7) is 2.28. The minimum Gasteiger partial charge on any atom is -0.295 e. The third-order valence-corrected chi connectivity index (χ3v) is 4.64. The molecular formula is C21H37NO. The molecule has 0 saturated heterocycles. The van der Waals surface area contributed by atoms with Crippen LogP contribution >= 0.6 is 0 Å². The Hall–Kier alpha value is -1.05. The van der Waals surface area contributed by atoms with E-state index in [9.17, 15) is 4.79 Å². The quantitative estimate of drug-likeness (QED) is 0.319. The van der Waals surface area contributed by atoms with E-state index in [-0.39, 0.29) is 5.91 Å². The van der Waals surface area contributed by atoms with E-state index < -0.39 is 0 Å². The number of rotatable bonds is 15. The van der Waals surface area contributed by atoms with E-state index in [1.54, 1.807) is 4.57 Å². The molecule has 1 rings (SSSR count). The van der Waals surface area contributed by atoms with Gasteiger partial charge in [0.2, 0.25) is 5.91 Å². The number of hydrogen-bond acceptors (Lipinski definition) is 1. The van der Waals surface area contributed by atoms with Crippen LogP contribution in [0.2, 0.25) is 0 Å². The summed E-state index contributed by atoms with van der Waals surface area (Å²) < 4.78 is 1.70. The van der Waals surface area contributed by atoms with Gasteiger partial charge in [-0.25, -0.2) is 0 Å². The Morgan fingerprint density at radius 1 is 0.652 bits per heavy atom. The number of nitrogens with zero attached hydrogens (tertiary/aromatic N) is 1. The van der Waals surface area contributed by atoms with E-state index in [0.717, 1.165) is 6.42 Å². The molecule has 0 atom stereocenters. The van der Waals surface area contributed by atoms with Crippen LogP contribution in [-0.4, -0.2) is 10.5 Å². The molecule has 0 saturated carbocycles. The Labute approximate surface area is 143 Å². The normalized spacial score (nSPS) is 11.0. The summed E-state index contributed by atoms with van der Waals surface area (Å²) >= 11 is 0. The summed E-state index contributed by atoms with van der Waals surface area (Å²) in [5.41, 5.74) is 0. The molecular weight excluding hydrogens is 282 g/mol. The lowest BCUT2D eigenvalue weighted by Crippen LogP contribution is -2.07. The SMILES string of the molecule is CCCCCCCCCCCCCCCCC(=O)n1cccc1. The Morgan fingerprint density at radius 3 is 1.48 bits per heavy atom. The predicted molar refractivity (Wildman–Crippen MR) is 100.0 cm³/mol. The maximum absolute atomic E-state index is 11.8. The van der Waals surface area contributed by atoms with Crippen LogP contribution < -0.4 is 0 Å². The van der Waals surface area contributed by atoms with Crippen molar-refractivity contribution in [1.82, 2.24) is 4.57 Å². The van der Waals surface area contributed by atoms with Gasteiger partial charge in [-0.2, -0.15) is 0 Å². The topological polar surface area (TPSA) is 22.0 Å². The van der Waals surface area contributed by atoms with Crippen molar-refractivity contribution in [3.05, 3.63) is 24.5 Å². The second kappa shape index (κ2) is 14.5. The molecule has 0 spiro atoms. The van der Waals surface area contributed by atoms with Gasteiger partial charge in [0, 0.05) is 18.8 Å². The smallest absolute Gasteiger partial charge is 0.230 e. The average Bonchev–Trinajstić information content (AvgIpc) is 3.09. The molecule has 1 heterocycles. The number of unbranched alkanes of at least 4 members (excludes halogenated alkanes) is 13. The molecule has 2 nitrogen and oxygen atoms in total. The molecule has 0 radical (unpaired) electrons. The first-order chi connectivity index (χ1) is 11.3. The summed E-state index contributed by atoms with van der Waals surface area (Å²) in [5.74, 6) is 0.230. The molecule has 23 heavy (non-hydrogen) atoms. The lowest BCUT2D eigenvalue weighted by atomic mass is 10.0. The Bertz CT molecular complexity index is 369. The zero-order valence-corrected chi connectivity index (χ0v) is 15.3. The van der Waals surface area contributed by atoms with Crippen LogP contribution in [0.3, 0.4) is 0 Å². The van der Waals surface area contributed by atoms with Crippen molar-refractivity contribution >= 4 is 5.91 Å². The molecule has 1 aromatic rings. The molecule has 0 fully saturated rings. The molecule has 132 valence electrons. The highest BCUT2D eigenvalue weighted by Crippen LogP contribution is 2.13. The highest BCUT2D eigenvalue weighted by atomic mass is 16.1. The van der Waals surface area contributed by atoms with Gasteiger partial charge in [0.25, 0.3) is 0 Å². The maximum atomic E-state index is 11.8. The van der Waals surface area contributed by atoms with Gasteiger partial charge in [0.05, 0.1) is 0 Å². The predicted octanol–water partition coefficient (Wildman–Crippen LogP) is 7.00. The third kappa shape index (κ3) is 11.2. The van der Waals surface area contributed by atoms with Gasteiger partial charge in [-0.05, 0) is 18.6 Å². The van der Waals surface area contributed by atoms with Gasteiger partial charge < -0.3 is 0 Å². The van der Waals surface area contributed by atoms with Crippen LogP contribution in [0.4, 0.5) is 0 Å². The molecule has 0 aliphatic carbocycles. The zero-order chi connectivity index (χ0) is 16.6. The molecule has 1 aromatic heterocycles. The molecule has 0 unspecified atom stereocenters. The highest BCUT2D eigenvalue weighted by Gasteiger charge is 2.02. The lowest BCUT2D eigenvalue weighted by molar-refractivity contribution is 0.0899. The van der Waals surface area contributed by atoms with Crippen LogP contribution in [-0.2, 0) is 0 Å². The maximum Gasteiger partial charge on any atom is 0.230 e. The Balaban J connectivity index is 1.76. The van der Waals surface area contributed by atoms with Crippen molar-refractivity contribution in [2.75, 3.05) is 0 Å². The third-order valence-electron chi connectivity index (χ3n) is 4.64.